The number of benzene rings is 1. The third-order valence-electron chi connectivity index (χ3n) is 3.59. The number of nitrogens with zero attached hydrogens (tertiary/aromatic N) is 3. The van der Waals surface area contributed by atoms with Gasteiger partial charge in [0.2, 0.25) is 0 Å². The molecule has 3 aromatic rings. The maximum absolute atomic E-state index is 12.5. The summed E-state index contributed by atoms with van der Waals surface area (Å²) >= 11 is 0. The Morgan fingerprint density at radius 2 is 1.89 bits per heavy atom. The van der Waals surface area contributed by atoms with Crippen LogP contribution in [0.5, 0.6) is 0 Å². The number of carboxylic acids is 1. The lowest BCUT2D eigenvalue weighted by atomic mass is 10.2. The Kier molecular flexibility index (Phi) is 4.74. The second kappa shape index (κ2) is 7.00. The summed E-state index contributed by atoms with van der Waals surface area (Å²) in [6.07, 6.45) is 5.62. The summed E-state index contributed by atoms with van der Waals surface area (Å²) in [4.78, 5) is 27.7. The van der Waals surface area contributed by atoms with Gasteiger partial charge in [-0.15, -0.1) is 0 Å². The van der Waals surface area contributed by atoms with Gasteiger partial charge in [0, 0.05) is 36.1 Å². The van der Waals surface area contributed by atoms with E-state index in [1.54, 1.807) is 18.5 Å². The fourth-order valence-electron chi connectivity index (χ4n) is 2.30. The van der Waals surface area contributed by atoms with Crippen LogP contribution in [0, 0.1) is 0 Å². The molecule has 2 N–H and O–H groups in total. The number of nitrogens with one attached hydrogen (secondary N) is 1. The second-order valence-corrected chi connectivity index (χ2v) is 7.65. The maximum Gasteiger partial charge on any atom is 0.335 e. The average molecular weight is 386 g/mol. The molecule has 0 aliphatic heterocycles. The molecule has 9 nitrogen and oxygen atoms in total. The zero-order valence-electron chi connectivity index (χ0n) is 14.0. The monoisotopic (exact) mass is 386 g/mol. The number of rotatable bonds is 5. The molecule has 27 heavy (non-hydrogen) atoms. The van der Waals surface area contributed by atoms with E-state index in [0.717, 1.165) is 12.3 Å². The molecule has 0 spiro atoms. The molecular weight excluding hydrogens is 372 g/mol. The van der Waals surface area contributed by atoms with Crippen LogP contribution < -0.4 is 5.32 Å². The summed E-state index contributed by atoms with van der Waals surface area (Å²) in [5, 5.41) is 15.7. The Hall–Kier alpha value is -3.53. The minimum atomic E-state index is -3.65. The maximum atomic E-state index is 12.5. The van der Waals surface area contributed by atoms with E-state index in [9.17, 15) is 18.0 Å². The van der Waals surface area contributed by atoms with E-state index < -0.39 is 21.7 Å². The van der Waals surface area contributed by atoms with E-state index in [4.69, 9.17) is 5.11 Å². The number of carbonyl (C=O) groups excluding carboxylic acids is 1. The van der Waals surface area contributed by atoms with Crippen molar-refractivity contribution in [1.29, 1.82) is 0 Å². The van der Waals surface area contributed by atoms with Crippen molar-refractivity contribution in [2.45, 2.75) is 4.90 Å². The molecule has 0 saturated carbocycles. The number of amides is 1. The number of hydrogen-bond acceptors (Lipinski definition) is 6. The Morgan fingerprint density at radius 3 is 2.52 bits per heavy atom. The highest BCUT2D eigenvalue weighted by molar-refractivity contribution is 7.90. The van der Waals surface area contributed by atoms with E-state index in [-0.39, 0.29) is 21.7 Å². The molecule has 0 saturated heterocycles. The molecule has 1 aromatic carbocycles. The van der Waals surface area contributed by atoms with Crippen LogP contribution in [0.25, 0.3) is 5.82 Å². The van der Waals surface area contributed by atoms with Gasteiger partial charge in [0.05, 0.1) is 10.5 Å². The van der Waals surface area contributed by atoms with Crippen molar-refractivity contribution in [2.75, 3.05) is 11.6 Å². The van der Waals surface area contributed by atoms with Gasteiger partial charge in [-0.1, -0.05) is 0 Å². The van der Waals surface area contributed by atoms with Crippen molar-refractivity contribution < 1.29 is 23.1 Å². The highest BCUT2D eigenvalue weighted by Gasteiger charge is 2.16. The van der Waals surface area contributed by atoms with E-state index >= 15 is 0 Å². The van der Waals surface area contributed by atoms with Crippen molar-refractivity contribution in [3.8, 4) is 5.82 Å². The van der Waals surface area contributed by atoms with Crippen molar-refractivity contribution in [1.82, 2.24) is 14.8 Å². The molecule has 0 radical (unpaired) electrons. The summed E-state index contributed by atoms with van der Waals surface area (Å²) < 4.78 is 25.0. The SMILES string of the molecule is CS(=O)(=O)c1cc(NC(=O)c2ccnc(-n3cccn3)c2)cc(C(=O)O)c1. The lowest BCUT2D eigenvalue weighted by Crippen LogP contribution is -2.14. The van der Waals surface area contributed by atoms with Gasteiger partial charge in [0.25, 0.3) is 5.91 Å². The summed E-state index contributed by atoms with van der Waals surface area (Å²) in [5.74, 6) is -1.43. The molecule has 0 fully saturated rings. The van der Waals surface area contributed by atoms with Crippen LogP contribution in [0.4, 0.5) is 5.69 Å². The van der Waals surface area contributed by atoms with E-state index in [1.165, 1.54) is 35.1 Å². The van der Waals surface area contributed by atoms with Crippen LogP contribution in [0.1, 0.15) is 20.7 Å². The van der Waals surface area contributed by atoms with Crippen LogP contribution >= 0.6 is 0 Å². The van der Waals surface area contributed by atoms with E-state index in [1.807, 2.05) is 0 Å². The first kappa shape index (κ1) is 18.3. The molecule has 2 heterocycles. The first-order chi connectivity index (χ1) is 12.7. The van der Waals surface area contributed by atoms with Crippen LogP contribution in [-0.2, 0) is 9.84 Å². The molecule has 0 aliphatic rings. The summed E-state index contributed by atoms with van der Waals surface area (Å²) in [7, 11) is -3.65. The van der Waals surface area contributed by atoms with Crippen molar-refractivity contribution >= 4 is 27.4 Å². The summed E-state index contributed by atoms with van der Waals surface area (Å²) in [5.41, 5.74) is 0.0510. The Labute approximate surface area is 154 Å². The third-order valence-corrected chi connectivity index (χ3v) is 4.68. The first-order valence-electron chi connectivity index (χ1n) is 7.60. The molecule has 1 amide bonds. The van der Waals surface area contributed by atoms with Gasteiger partial charge >= 0.3 is 5.97 Å². The lowest BCUT2D eigenvalue weighted by molar-refractivity contribution is 0.0696. The largest absolute Gasteiger partial charge is 0.478 e. The van der Waals surface area contributed by atoms with Crippen LogP contribution in [0.3, 0.4) is 0 Å². The minimum Gasteiger partial charge on any atom is -0.478 e. The summed E-state index contributed by atoms with van der Waals surface area (Å²) in [6.45, 7) is 0. The third kappa shape index (κ3) is 4.18. The Morgan fingerprint density at radius 1 is 1.11 bits per heavy atom. The molecule has 3 rings (SSSR count). The van der Waals surface area contributed by atoms with Gasteiger partial charge in [0.1, 0.15) is 0 Å². The fraction of sp³-hybridized carbons (Fsp3) is 0.0588. The standard InChI is InChI=1S/C17H14N4O5S/c1-27(25,26)14-8-12(17(23)24)7-13(10-14)20-16(22)11-3-5-18-15(9-11)21-6-2-4-19-21/h2-10H,1H3,(H,20,22)(H,23,24). The topological polar surface area (TPSA) is 131 Å². The quantitative estimate of drug-likeness (QED) is 0.681. The van der Waals surface area contributed by atoms with Gasteiger partial charge in [-0.2, -0.15) is 5.10 Å². The Balaban J connectivity index is 1.93. The number of hydrogen-bond donors (Lipinski definition) is 2. The minimum absolute atomic E-state index is 0.0535. The lowest BCUT2D eigenvalue weighted by Gasteiger charge is -2.09. The molecule has 2 aromatic heterocycles. The van der Waals surface area contributed by atoms with Crippen LogP contribution in [0.15, 0.2) is 59.9 Å². The summed E-state index contributed by atoms with van der Waals surface area (Å²) in [6, 6.07) is 8.11. The predicted molar refractivity (Wildman–Crippen MR) is 95.8 cm³/mol. The average Bonchev–Trinajstić information content (AvgIpc) is 3.15. The molecule has 0 unspecified atom stereocenters. The normalized spacial score (nSPS) is 11.1. The number of carbonyl (C=O) groups is 2. The van der Waals surface area contributed by atoms with E-state index in [2.05, 4.69) is 15.4 Å². The first-order valence-corrected chi connectivity index (χ1v) is 9.49. The number of pyridine rings is 1. The van der Waals surface area contributed by atoms with Gasteiger partial charge in [0.15, 0.2) is 15.7 Å². The van der Waals surface area contributed by atoms with Gasteiger partial charge in [-0.05, 0) is 36.4 Å². The zero-order valence-corrected chi connectivity index (χ0v) is 14.8. The molecule has 0 bridgehead atoms. The molecule has 0 aliphatic carbocycles. The highest BCUT2D eigenvalue weighted by atomic mass is 32.2. The van der Waals surface area contributed by atoms with Gasteiger partial charge in [-0.3, -0.25) is 4.79 Å². The van der Waals surface area contributed by atoms with Gasteiger partial charge < -0.3 is 10.4 Å². The van der Waals surface area contributed by atoms with Crippen molar-refractivity contribution in [3.63, 3.8) is 0 Å². The number of anilines is 1. The van der Waals surface area contributed by atoms with Crippen LogP contribution in [0.2, 0.25) is 0 Å². The molecule has 10 heteroatoms. The van der Waals surface area contributed by atoms with Crippen LogP contribution in [-0.4, -0.2) is 46.4 Å². The van der Waals surface area contributed by atoms with Crippen molar-refractivity contribution in [3.05, 3.63) is 66.1 Å². The molecule has 0 atom stereocenters. The number of aromatic carboxylic acids is 1. The van der Waals surface area contributed by atoms with Gasteiger partial charge in [-0.25, -0.2) is 22.9 Å². The molecular formula is C17H14N4O5S. The Bertz CT molecular complexity index is 1120. The second-order valence-electron chi connectivity index (χ2n) is 5.63. The highest BCUT2D eigenvalue weighted by Crippen LogP contribution is 2.20. The van der Waals surface area contributed by atoms with Crippen molar-refractivity contribution in [2.24, 2.45) is 0 Å². The number of sulfone groups is 1. The predicted octanol–water partition coefficient (Wildman–Crippen LogP) is 1.62. The number of aromatic nitrogens is 3. The van der Waals surface area contributed by atoms with E-state index in [0.29, 0.717) is 5.82 Å². The fourth-order valence-corrected chi connectivity index (χ4v) is 2.98. The number of carboxylic acid groups (broad SMARTS) is 1. The zero-order chi connectivity index (χ0) is 19.6. The molecule has 138 valence electrons. The smallest absolute Gasteiger partial charge is 0.335 e.